The van der Waals surface area contributed by atoms with E-state index in [1.165, 1.54) is 123 Å². The van der Waals surface area contributed by atoms with Crippen molar-refractivity contribution in [3.8, 4) is 0 Å². The van der Waals surface area contributed by atoms with Crippen molar-refractivity contribution in [2.45, 2.75) is 247 Å². The quantitative estimate of drug-likeness (QED) is 0.0120. The molecule has 0 radical (unpaired) electrons. The van der Waals surface area contributed by atoms with Crippen molar-refractivity contribution in [3.63, 3.8) is 0 Å². The van der Waals surface area contributed by atoms with Gasteiger partial charge in [-0.1, -0.05) is 18.7 Å². The summed E-state index contributed by atoms with van der Waals surface area (Å²) >= 11 is 8.00. The third kappa shape index (κ3) is 25.2. The smallest absolute Gasteiger partial charge is 0.543 e. The molecule has 750 valence electrons. The number of nitrogens with two attached hydrogens (primary N) is 2. The number of rotatable bonds is 37. The number of thioether (sulfide) groups is 6. The van der Waals surface area contributed by atoms with Crippen LogP contribution >= 0.6 is 70.6 Å². The van der Waals surface area contributed by atoms with Crippen molar-refractivity contribution >= 4 is 180 Å². The molecule has 54 heteroatoms. The molecule has 15 rings (SSSR count). The molecule has 15 aliphatic heterocycles. The molecule has 136 heavy (non-hydrogen) atoms. The topological polar surface area (TPSA) is 708 Å². The number of ether oxygens (including phenoxy) is 2. The number of carboxylic acids is 6. The predicted molar refractivity (Wildman–Crippen MR) is 486 cm³/mol. The minimum Gasteiger partial charge on any atom is -0.543 e. The van der Waals surface area contributed by atoms with E-state index in [0.717, 1.165) is 24.6 Å². The van der Waals surface area contributed by atoms with Gasteiger partial charge in [-0.05, 0) is 112 Å². The van der Waals surface area contributed by atoms with Crippen LogP contribution in [0.15, 0.2) is 63.6 Å². The number of nitrogens with zero attached hydrogens (tertiary/aromatic N) is 6. The number of ketones is 2. The number of carbonyl (C=O) groups excluding carboxylic acids is 10. The Morgan fingerprint density at radius 3 is 1.18 bits per heavy atom. The van der Waals surface area contributed by atoms with E-state index in [0.29, 0.717) is 125 Å². The van der Waals surface area contributed by atoms with E-state index in [1.54, 1.807) is 34.6 Å². The number of aliphatic hydroxyl groups excluding tert-OH is 6. The Labute approximate surface area is 831 Å². The van der Waals surface area contributed by atoms with Gasteiger partial charge >= 0.3 is 65.4 Å². The molecule has 0 aromatic heterocycles. The van der Waals surface area contributed by atoms with E-state index in [9.17, 15) is 150 Å². The Bertz CT molecular complexity index is 4920. The van der Waals surface area contributed by atoms with Gasteiger partial charge in [0.15, 0.2) is 0 Å². The molecule has 0 spiro atoms. The first kappa shape index (κ1) is 113. The molecular formula is C82H115N12NaO33S8. The summed E-state index contributed by atoms with van der Waals surface area (Å²) in [7, 11) is -7.50. The molecular weight excluding hydrogens is 1960 g/mol. The fourth-order valence-electron chi connectivity index (χ4n) is 19.2. The van der Waals surface area contributed by atoms with Gasteiger partial charge in [0.25, 0.3) is 20.4 Å². The molecule has 45 nitrogen and oxygen atoms in total. The number of hydrogen-bond donors (Lipinski definition) is 17. The van der Waals surface area contributed by atoms with Gasteiger partial charge in [-0.3, -0.25) is 38.5 Å². The summed E-state index contributed by atoms with van der Waals surface area (Å²) in [4.78, 5) is 186. The molecule has 0 saturated carbocycles. The zero-order chi connectivity index (χ0) is 100. The number of Topliss-reactive ketones (excluding diaryl/α,β-unsaturated/α-hetero) is 2. The number of aliphatic hydroxyl groups is 6. The van der Waals surface area contributed by atoms with Gasteiger partial charge in [0, 0.05) is 129 Å². The molecule has 15 heterocycles. The summed E-state index contributed by atoms with van der Waals surface area (Å²) < 4.78 is 58.7. The van der Waals surface area contributed by atoms with Gasteiger partial charge in [-0.25, -0.2) is 43.7 Å². The predicted octanol–water partition coefficient (Wildman–Crippen LogP) is -5.23. The van der Waals surface area contributed by atoms with E-state index in [-0.39, 0.29) is 194 Å². The second-order valence-corrected chi connectivity index (χ2v) is 45.0. The molecule has 0 aromatic rings. The molecule has 15 aliphatic rings. The van der Waals surface area contributed by atoms with E-state index in [1.807, 2.05) is 0 Å². The zero-order valence-electron chi connectivity index (χ0n) is 76.2. The molecule has 9 saturated heterocycles. The van der Waals surface area contributed by atoms with Crippen LogP contribution in [-0.4, -0.2) is 349 Å². The van der Waals surface area contributed by atoms with Gasteiger partial charge in [0.1, 0.15) is 45.4 Å². The fraction of sp³-hybridized carbons (Fsp3) is 0.671. The van der Waals surface area contributed by atoms with Crippen molar-refractivity contribution in [1.29, 1.82) is 0 Å². The van der Waals surface area contributed by atoms with Gasteiger partial charge in [-0.2, -0.15) is 16.8 Å². The van der Waals surface area contributed by atoms with E-state index in [4.69, 9.17) is 19.8 Å². The summed E-state index contributed by atoms with van der Waals surface area (Å²) in [6.07, 6.45) is 2.10. The Balaban J connectivity index is 0.000000183. The van der Waals surface area contributed by atoms with Crippen molar-refractivity contribution in [2.75, 3.05) is 56.7 Å². The minimum absolute atomic E-state index is 0. The van der Waals surface area contributed by atoms with E-state index in [2.05, 4.69) is 20.1 Å². The Morgan fingerprint density at radius 1 is 0.515 bits per heavy atom. The fourth-order valence-corrected chi connectivity index (χ4v) is 28.1. The third-order valence-electron chi connectivity index (χ3n) is 25.2. The number of β-lactam (4-membered cyclic amide) rings is 6. The average molecular weight is 2080 g/mol. The molecule has 19 N–H and O–H groups in total. The number of carboxylic acid groups (broad SMARTS) is 6. The summed E-state index contributed by atoms with van der Waals surface area (Å²) in [5.41, 5.74) is -0.0250. The molecule has 1 unspecified atom stereocenters. The molecule has 0 aromatic carbocycles. The summed E-state index contributed by atoms with van der Waals surface area (Å²) in [6, 6.07) is -1.66. The number of aliphatic carboxylic acids is 6. The SMILES string of the molecule is CC(=O)CCCSC1=C(C(=O)O)N2C(=O)[C@H]([C@@H](C)O)[C@H]2C1.CC(=O)CCCSC1=C(C(=O)O)N2C(=O)[C@H]([C@H](C)O)[C@H]2C1.CC(O)[C@@H]1C(=O)N2C(C(=O)O)=C([C@H]3CCCO3)S[C@H]12.CCOC(=O)CSC1=C(C(=O)[O-])N2C(=O)[C@H]([C@@H](C)O)[C@H]2[C@H]1C.C[C@H](O)[C@@H]1C(=O)N2C(C(=O)O)=C(S[C@@H]3CN[C@H](CNS(N)(=O)=O)C3)C[C@H]12.C[C@H](O)[C@@H]1C(=O)N2C(C(=O)O)=C(S[C@@H]3CN[C@H](CNS(N)(=O)=O)C3)C[C@H]12.[Na+]. The van der Waals surface area contributed by atoms with Crippen LogP contribution in [-0.2, 0) is 102 Å². The van der Waals surface area contributed by atoms with Crippen molar-refractivity contribution < 1.29 is 189 Å². The van der Waals surface area contributed by atoms with Crippen LogP contribution in [0.25, 0.3) is 0 Å². The van der Waals surface area contributed by atoms with Crippen LogP contribution in [0.1, 0.15) is 146 Å². The Morgan fingerprint density at radius 2 is 0.860 bits per heavy atom. The van der Waals surface area contributed by atoms with Crippen LogP contribution in [0, 0.1) is 41.4 Å². The van der Waals surface area contributed by atoms with E-state index >= 15 is 0 Å². The third-order valence-corrected chi connectivity index (χ3v) is 34.1. The molecule has 24 atom stereocenters. The molecule has 6 amide bonds. The zero-order valence-corrected chi connectivity index (χ0v) is 84.7. The summed E-state index contributed by atoms with van der Waals surface area (Å²) in [5.74, 6) is -11.6. The van der Waals surface area contributed by atoms with Crippen LogP contribution in [0.2, 0.25) is 0 Å². The van der Waals surface area contributed by atoms with Gasteiger partial charge in [-0.15, -0.1) is 58.8 Å². The summed E-state index contributed by atoms with van der Waals surface area (Å²) in [6.45, 7) is 18.2. The first-order valence-corrected chi connectivity index (χ1v) is 52.4. The van der Waals surface area contributed by atoms with Gasteiger partial charge in [0.2, 0.25) is 35.4 Å². The molecule has 0 aliphatic carbocycles. The number of hydrogen-bond acceptors (Lipinski definition) is 36. The van der Waals surface area contributed by atoms with E-state index < -0.39 is 146 Å². The van der Waals surface area contributed by atoms with Gasteiger partial charge < -0.3 is 120 Å². The first-order valence-electron chi connectivity index (χ1n) is 43.7. The Hall–Kier alpha value is -6.63. The number of nitrogens with one attached hydrogen (secondary N) is 4. The maximum atomic E-state index is 12.2. The van der Waals surface area contributed by atoms with Crippen LogP contribution in [0.5, 0.6) is 0 Å². The Kier molecular flexibility index (Phi) is 39.5. The second kappa shape index (κ2) is 47.5. The van der Waals surface area contributed by atoms with Crippen molar-refractivity contribution in [2.24, 2.45) is 51.7 Å². The number of carbonyl (C=O) groups is 15. The summed E-state index contributed by atoms with van der Waals surface area (Å²) in [5, 5.41) is 132. The van der Waals surface area contributed by atoms with Crippen molar-refractivity contribution in [3.05, 3.63) is 63.6 Å². The molecule has 9 fully saturated rings. The van der Waals surface area contributed by atoms with Gasteiger partial charge in [0.05, 0.1) is 132 Å². The standard InChI is InChI=1S/2C14H22N4O6S2.C14H19NO6S.2C14H19NO5S.C12H15NO5S.Na/c2*1-6(19)11-9-3-10(12(14(21)22)18(9)13(11)20)25-8-2-7(16-5-8)4-17-26(15,23)24;1-4-21-8(17)5-22-12-6(2)10-9(7(3)16)13(18)15(10)11(12)14(19)20;2*1-7(16)4-3-5-21-10-6-9-11(8(2)17)13(18)15(9)12(10)14(19)20;1-5(14)7-10(15)13-8(12(16)17)9(19-11(7)13)6-3-2-4-18-6;/h2*6-9,11,16-17,19H,2-5H2,1H3,(H,21,22)(H2,15,23,24);6-7,9-10,16H,4-5H2,1-3H3,(H,19,20);2*8-9,11,17H,3-6H2,1-2H3,(H,19,20);5-7,11,14H,2-4H2,1H3,(H,16,17);/q;;;;;;+1/p-1/t2*6-,7-,8-,9+,11-;6-,7-,9-,10-;8-,9+,11+;8-,9-,11-;5?,6-,7-,11-;/m001011./s1. The maximum Gasteiger partial charge on any atom is 1.00 e. The number of fused-ring (bicyclic) bond motifs is 6. The second-order valence-electron chi connectivity index (χ2n) is 34.9. The average Bonchev–Trinajstić information content (AvgIpc) is 1.51. The minimum atomic E-state index is -3.75. The first-order chi connectivity index (χ1) is 63.2. The maximum absolute atomic E-state index is 12.2. The van der Waals surface area contributed by atoms with Crippen molar-refractivity contribution in [1.82, 2.24) is 49.5 Å². The van der Waals surface area contributed by atoms with Crippen LogP contribution in [0.4, 0.5) is 0 Å². The number of esters is 1. The largest absolute Gasteiger partial charge is 1.00 e. The van der Waals surface area contributed by atoms with Crippen LogP contribution < -0.4 is 65.0 Å². The monoisotopic (exact) mass is 2070 g/mol. The normalized spacial score (nSPS) is 29.9. The number of amides is 6. The van der Waals surface area contributed by atoms with Crippen LogP contribution in [0.3, 0.4) is 0 Å². The molecule has 0 bridgehead atoms.